The standard InChI is InChI=1S/C14H11ClN4O/c15-11-1-2-13-10(9-11)5-8-19(13)18-14(20)17-12-3-6-16-7-4-12/h1-9H,(H2,16,17,18,20). The Morgan fingerprint density at radius 2 is 1.95 bits per heavy atom. The molecule has 0 aliphatic carbocycles. The molecular formula is C14H11ClN4O. The first-order valence-corrected chi connectivity index (χ1v) is 6.35. The van der Waals surface area contributed by atoms with Gasteiger partial charge in [-0.3, -0.25) is 9.66 Å². The Bertz CT molecular complexity index is 754. The van der Waals surface area contributed by atoms with Crippen LogP contribution in [0.15, 0.2) is 55.0 Å². The lowest BCUT2D eigenvalue weighted by atomic mass is 10.2. The zero-order valence-corrected chi connectivity index (χ0v) is 11.1. The Hall–Kier alpha value is -2.53. The van der Waals surface area contributed by atoms with E-state index in [1.54, 1.807) is 41.5 Å². The summed E-state index contributed by atoms with van der Waals surface area (Å²) in [4.78, 5) is 15.8. The highest BCUT2D eigenvalue weighted by molar-refractivity contribution is 6.31. The number of rotatable bonds is 2. The number of urea groups is 1. The molecule has 2 heterocycles. The Balaban J connectivity index is 1.78. The first-order chi connectivity index (χ1) is 9.72. The van der Waals surface area contributed by atoms with Crippen LogP contribution in [0.2, 0.25) is 5.02 Å². The summed E-state index contributed by atoms with van der Waals surface area (Å²) in [5.41, 5.74) is 4.29. The Morgan fingerprint density at radius 3 is 2.75 bits per heavy atom. The molecule has 0 bridgehead atoms. The number of pyridine rings is 1. The quantitative estimate of drug-likeness (QED) is 0.758. The van der Waals surface area contributed by atoms with Crippen molar-refractivity contribution in [2.45, 2.75) is 0 Å². The predicted molar refractivity (Wildman–Crippen MR) is 79.6 cm³/mol. The molecule has 2 aromatic heterocycles. The van der Waals surface area contributed by atoms with E-state index in [1.165, 1.54) is 0 Å². The zero-order valence-electron chi connectivity index (χ0n) is 10.4. The summed E-state index contributed by atoms with van der Waals surface area (Å²) in [7, 11) is 0. The van der Waals surface area contributed by atoms with E-state index in [4.69, 9.17) is 11.6 Å². The zero-order chi connectivity index (χ0) is 13.9. The first-order valence-electron chi connectivity index (χ1n) is 5.97. The normalized spacial score (nSPS) is 10.4. The summed E-state index contributed by atoms with van der Waals surface area (Å²) in [6.07, 6.45) is 5.00. The highest BCUT2D eigenvalue weighted by atomic mass is 35.5. The second-order valence-corrected chi connectivity index (χ2v) is 4.63. The van der Waals surface area contributed by atoms with Crippen molar-refractivity contribution in [3.05, 3.63) is 60.0 Å². The van der Waals surface area contributed by atoms with Crippen molar-refractivity contribution >= 4 is 34.2 Å². The van der Waals surface area contributed by atoms with Gasteiger partial charge in [-0.15, -0.1) is 0 Å². The van der Waals surface area contributed by atoms with E-state index in [0.29, 0.717) is 10.7 Å². The van der Waals surface area contributed by atoms with Crippen LogP contribution in [0.5, 0.6) is 0 Å². The molecule has 3 aromatic rings. The summed E-state index contributed by atoms with van der Waals surface area (Å²) >= 11 is 5.93. The van der Waals surface area contributed by atoms with Crippen molar-refractivity contribution in [1.29, 1.82) is 0 Å². The molecule has 3 rings (SSSR count). The molecular weight excluding hydrogens is 276 g/mol. The van der Waals surface area contributed by atoms with Crippen LogP contribution in [0.25, 0.3) is 10.9 Å². The van der Waals surface area contributed by atoms with Gasteiger partial charge in [-0.05, 0) is 36.4 Å². The second-order valence-electron chi connectivity index (χ2n) is 4.19. The largest absolute Gasteiger partial charge is 0.338 e. The topological polar surface area (TPSA) is 59.0 Å². The van der Waals surface area contributed by atoms with Crippen molar-refractivity contribution in [3.8, 4) is 0 Å². The molecule has 0 atom stereocenters. The number of hydrogen-bond donors (Lipinski definition) is 2. The lowest BCUT2D eigenvalue weighted by molar-refractivity contribution is 0.260. The van der Waals surface area contributed by atoms with E-state index >= 15 is 0 Å². The van der Waals surface area contributed by atoms with Crippen LogP contribution in [-0.4, -0.2) is 15.7 Å². The smallest absolute Gasteiger partial charge is 0.306 e. The van der Waals surface area contributed by atoms with Crippen LogP contribution >= 0.6 is 11.6 Å². The van der Waals surface area contributed by atoms with Crippen molar-refractivity contribution in [2.24, 2.45) is 0 Å². The molecule has 0 saturated heterocycles. The highest BCUT2D eigenvalue weighted by Crippen LogP contribution is 2.19. The number of hydrogen-bond acceptors (Lipinski definition) is 2. The number of nitrogens with one attached hydrogen (secondary N) is 2. The molecule has 20 heavy (non-hydrogen) atoms. The molecule has 0 fully saturated rings. The Kier molecular flexibility index (Phi) is 3.26. The molecule has 0 aliphatic heterocycles. The molecule has 6 heteroatoms. The van der Waals surface area contributed by atoms with Gasteiger partial charge in [-0.25, -0.2) is 10.2 Å². The van der Waals surface area contributed by atoms with Gasteiger partial charge < -0.3 is 5.32 Å². The van der Waals surface area contributed by atoms with E-state index in [0.717, 1.165) is 10.9 Å². The molecule has 2 N–H and O–H groups in total. The van der Waals surface area contributed by atoms with E-state index in [1.807, 2.05) is 18.2 Å². The maximum Gasteiger partial charge on any atom is 0.338 e. The second kappa shape index (κ2) is 5.22. The van der Waals surface area contributed by atoms with E-state index < -0.39 is 0 Å². The van der Waals surface area contributed by atoms with Gasteiger partial charge in [0.1, 0.15) is 0 Å². The van der Waals surface area contributed by atoms with Gasteiger partial charge in [0.2, 0.25) is 0 Å². The third kappa shape index (κ3) is 2.57. The number of halogens is 1. The minimum Gasteiger partial charge on any atom is -0.306 e. The molecule has 0 unspecified atom stereocenters. The van der Waals surface area contributed by atoms with Gasteiger partial charge in [-0.1, -0.05) is 11.6 Å². The summed E-state index contributed by atoms with van der Waals surface area (Å²) in [5.74, 6) is 0. The minimum absolute atomic E-state index is 0.330. The molecule has 5 nitrogen and oxygen atoms in total. The Labute approximate surface area is 120 Å². The Morgan fingerprint density at radius 1 is 1.15 bits per heavy atom. The fraction of sp³-hybridized carbons (Fsp3) is 0. The maximum absolute atomic E-state index is 11.9. The van der Waals surface area contributed by atoms with Crippen molar-refractivity contribution in [2.75, 3.05) is 10.7 Å². The third-order valence-electron chi connectivity index (χ3n) is 2.81. The molecule has 0 radical (unpaired) electrons. The molecule has 0 saturated carbocycles. The molecule has 0 spiro atoms. The predicted octanol–water partition coefficient (Wildman–Crippen LogP) is 3.47. The van der Waals surface area contributed by atoms with Crippen molar-refractivity contribution in [3.63, 3.8) is 0 Å². The van der Waals surface area contributed by atoms with Gasteiger partial charge >= 0.3 is 6.03 Å². The summed E-state index contributed by atoms with van der Waals surface area (Å²) in [5, 5.41) is 4.34. The molecule has 100 valence electrons. The van der Waals surface area contributed by atoms with Crippen molar-refractivity contribution in [1.82, 2.24) is 9.66 Å². The lowest BCUT2D eigenvalue weighted by Gasteiger charge is -2.09. The third-order valence-corrected chi connectivity index (χ3v) is 3.05. The van der Waals surface area contributed by atoms with Crippen LogP contribution in [0.3, 0.4) is 0 Å². The number of anilines is 1. The summed E-state index contributed by atoms with van der Waals surface area (Å²) in [6.45, 7) is 0. The van der Waals surface area contributed by atoms with Crippen LogP contribution < -0.4 is 10.7 Å². The summed E-state index contributed by atoms with van der Waals surface area (Å²) in [6, 6.07) is 10.5. The number of aromatic nitrogens is 2. The minimum atomic E-state index is -0.330. The summed E-state index contributed by atoms with van der Waals surface area (Å²) < 4.78 is 1.64. The average Bonchev–Trinajstić information content (AvgIpc) is 2.82. The van der Waals surface area contributed by atoms with E-state index in [9.17, 15) is 4.79 Å². The SMILES string of the molecule is O=C(Nc1ccncc1)Nn1ccc2cc(Cl)ccc21. The maximum atomic E-state index is 11.9. The monoisotopic (exact) mass is 286 g/mol. The van der Waals surface area contributed by atoms with Gasteiger partial charge in [-0.2, -0.15) is 0 Å². The first kappa shape index (κ1) is 12.5. The van der Waals surface area contributed by atoms with Crippen molar-refractivity contribution < 1.29 is 4.79 Å². The van der Waals surface area contributed by atoms with Gasteiger partial charge in [0.05, 0.1) is 5.52 Å². The van der Waals surface area contributed by atoms with Gasteiger partial charge in [0.15, 0.2) is 0 Å². The number of nitrogens with zero attached hydrogens (tertiary/aromatic N) is 2. The number of carbonyl (C=O) groups is 1. The van der Waals surface area contributed by atoms with Crippen LogP contribution in [0.1, 0.15) is 0 Å². The molecule has 0 aliphatic rings. The lowest BCUT2D eigenvalue weighted by Crippen LogP contribution is -2.27. The fourth-order valence-electron chi connectivity index (χ4n) is 1.91. The average molecular weight is 287 g/mol. The van der Waals surface area contributed by atoms with Gasteiger partial charge in [0, 0.05) is 34.7 Å². The van der Waals surface area contributed by atoms with Crippen LogP contribution in [0, 0.1) is 0 Å². The fourth-order valence-corrected chi connectivity index (χ4v) is 2.10. The van der Waals surface area contributed by atoms with Gasteiger partial charge in [0.25, 0.3) is 0 Å². The number of fused-ring (bicyclic) bond motifs is 1. The number of amides is 2. The number of carbonyl (C=O) groups excluding carboxylic acids is 1. The molecule has 2 amide bonds. The van der Waals surface area contributed by atoms with Crippen LogP contribution in [0.4, 0.5) is 10.5 Å². The molecule has 1 aromatic carbocycles. The van der Waals surface area contributed by atoms with Crippen LogP contribution in [-0.2, 0) is 0 Å². The highest BCUT2D eigenvalue weighted by Gasteiger charge is 2.05. The van der Waals surface area contributed by atoms with E-state index in [2.05, 4.69) is 15.7 Å². The number of benzene rings is 1. The van der Waals surface area contributed by atoms with E-state index in [-0.39, 0.29) is 6.03 Å².